The van der Waals surface area contributed by atoms with Gasteiger partial charge in [0, 0.05) is 12.8 Å². The molecule has 0 radical (unpaired) electrons. The fourth-order valence-electron chi connectivity index (χ4n) is 2.13. The number of ether oxygens (including phenoxy) is 2. The van der Waals surface area contributed by atoms with Gasteiger partial charge in [-0.15, -0.1) is 0 Å². The molecule has 0 bridgehead atoms. The summed E-state index contributed by atoms with van der Waals surface area (Å²) in [5, 5.41) is 0. The van der Waals surface area contributed by atoms with E-state index >= 15 is 0 Å². The van der Waals surface area contributed by atoms with Crippen LogP contribution in [0.4, 0.5) is 0 Å². The van der Waals surface area contributed by atoms with E-state index in [1.807, 2.05) is 0 Å². The van der Waals surface area contributed by atoms with Crippen molar-refractivity contribution in [3.05, 3.63) is 0 Å². The van der Waals surface area contributed by atoms with Gasteiger partial charge in [-0.05, 0) is 31.1 Å². The van der Waals surface area contributed by atoms with Crippen LogP contribution in [0.15, 0.2) is 0 Å². The fourth-order valence-corrected chi connectivity index (χ4v) is 2.13. The van der Waals surface area contributed by atoms with E-state index in [1.165, 1.54) is 32.1 Å². The van der Waals surface area contributed by atoms with Crippen LogP contribution in [0.25, 0.3) is 0 Å². The van der Waals surface area contributed by atoms with Gasteiger partial charge in [0.25, 0.3) is 0 Å². The van der Waals surface area contributed by atoms with Crippen molar-refractivity contribution in [2.24, 2.45) is 5.41 Å². The summed E-state index contributed by atoms with van der Waals surface area (Å²) in [4.78, 5) is 0. The summed E-state index contributed by atoms with van der Waals surface area (Å²) < 4.78 is 11.1. The van der Waals surface area contributed by atoms with Crippen LogP contribution in [-0.4, -0.2) is 19.0 Å². The molecule has 2 heteroatoms. The largest absolute Gasteiger partial charge is 0.348 e. The zero-order chi connectivity index (χ0) is 10.8. The predicted molar refractivity (Wildman–Crippen MR) is 60.7 cm³/mol. The van der Waals surface area contributed by atoms with Crippen molar-refractivity contribution < 1.29 is 9.47 Å². The van der Waals surface area contributed by atoms with E-state index in [0.717, 1.165) is 31.5 Å². The topological polar surface area (TPSA) is 18.5 Å². The zero-order valence-corrected chi connectivity index (χ0v) is 10.2. The van der Waals surface area contributed by atoms with E-state index in [2.05, 4.69) is 13.8 Å². The van der Waals surface area contributed by atoms with Gasteiger partial charge in [0.2, 0.25) is 0 Å². The van der Waals surface area contributed by atoms with Gasteiger partial charge in [-0.2, -0.15) is 0 Å². The highest BCUT2D eigenvalue weighted by molar-refractivity contribution is 4.82. The molecular formula is C13H24O2. The third-order valence-corrected chi connectivity index (χ3v) is 3.68. The van der Waals surface area contributed by atoms with E-state index in [0.29, 0.717) is 0 Å². The molecule has 0 aromatic heterocycles. The van der Waals surface area contributed by atoms with Gasteiger partial charge in [0.15, 0.2) is 5.79 Å². The molecule has 0 amide bonds. The molecule has 3 fully saturated rings. The first-order valence-corrected chi connectivity index (χ1v) is 6.40. The predicted octanol–water partition coefficient (Wildman–Crippen LogP) is 3.50. The molecule has 0 atom stereocenters. The Morgan fingerprint density at radius 3 is 1.60 bits per heavy atom. The van der Waals surface area contributed by atoms with Crippen LogP contribution in [0, 0.1) is 5.41 Å². The molecule has 1 aliphatic heterocycles. The van der Waals surface area contributed by atoms with Gasteiger partial charge in [-0.25, -0.2) is 0 Å². The minimum atomic E-state index is -0.127. The SMILES string of the molecule is C1CCC2(CC1)OCCO2.CC1(C)CC1. The molecule has 0 aromatic carbocycles. The summed E-state index contributed by atoms with van der Waals surface area (Å²) in [5.41, 5.74) is 0.750. The van der Waals surface area contributed by atoms with Gasteiger partial charge < -0.3 is 9.47 Å². The Morgan fingerprint density at radius 1 is 0.733 bits per heavy atom. The minimum absolute atomic E-state index is 0.127. The highest BCUT2D eigenvalue weighted by Gasteiger charge is 2.37. The van der Waals surface area contributed by atoms with Crippen molar-refractivity contribution in [2.75, 3.05) is 13.2 Å². The van der Waals surface area contributed by atoms with Crippen LogP contribution >= 0.6 is 0 Å². The molecule has 2 saturated carbocycles. The van der Waals surface area contributed by atoms with Crippen molar-refractivity contribution in [3.63, 3.8) is 0 Å². The summed E-state index contributed by atoms with van der Waals surface area (Å²) in [6.45, 7) is 6.21. The molecule has 3 aliphatic rings. The quantitative estimate of drug-likeness (QED) is 0.612. The summed E-state index contributed by atoms with van der Waals surface area (Å²) in [6.07, 6.45) is 9.05. The first-order valence-electron chi connectivity index (χ1n) is 6.40. The first-order chi connectivity index (χ1) is 7.12. The van der Waals surface area contributed by atoms with Crippen LogP contribution in [0.2, 0.25) is 0 Å². The standard InChI is InChI=1S/C8H14O2.C5H10/c1-2-4-8(5-3-1)9-6-7-10-8;1-5(2)3-4-5/h1-7H2;3-4H2,1-2H3. The molecule has 3 rings (SSSR count). The second-order valence-corrected chi connectivity index (χ2v) is 5.83. The Hall–Kier alpha value is -0.0800. The lowest BCUT2D eigenvalue weighted by atomic mass is 9.94. The Labute approximate surface area is 93.3 Å². The average Bonchev–Trinajstić information content (AvgIpc) is 2.75. The summed E-state index contributed by atoms with van der Waals surface area (Å²) in [7, 11) is 0. The van der Waals surface area contributed by atoms with Crippen molar-refractivity contribution in [1.82, 2.24) is 0 Å². The first kappa shape index (κ1) is 11.4. The van der Waals surface area contributed by atoms with E-state index in [9.17, 15) is 0 Å². The molecule has 2 aliphatic carbocycles. The molecule has 0 unspecified atom stereocenters. The Morgan fingerprint density at radius 2 is 1.20 bits per heavy atom. The summed E-state index contributed by atoms with van der Waals surface area (Å²) >= 11 is 0. The highest BCUT2D eigenvalue weighted by Crippen LogP contribution is 2.43. The number of rotatable bonds is 0. The van der Waals surface area contributed by atoms with E-state index in [4.69, 9.17) is 9.47 Å². The Balaban J connectivity index is 0.000000144. The lowest BCUT2D eigenvalue weighted by Crippen LogP contribution is -2.32. The van der Waals surface area contributed by atoms with E-state index < -0.39 is 0 Å². The lowest BCUT2D eigenvalue weighted by molar-refractivity contribution is -0.176. The van der Waals surface area contributed by atoms with Crippen LogP contribution in [0.5, 0.6) is 0 Å². The third kappa shape index (κ3) is 3.46. The third-order valence-electron chi connectivity index (χ3n) is 3.68. The normalized spacial score (nSPS) is 30.8. The van der Waals surface area contributed by atoms with E-state index in [1.54, 1.807) is 0 Å². The lowest BCUT2D eigenvalue weighted by Gasteiger charge is -2.30. The van der Waals surface area contributed by atoms with Crippen molar-refractivity contribution in [1.29, 1.82) is 0 Å². The van der Waals surface area contributed by atoms with Crippen molar-refractivity contribution in [3.8, 4) is 0 Å². The van der Waals surface area contributed by atoms with E-state index in [-0.39, 0.29) is 5.79 Å². The molecule has 1 spiro atoms. The summed E-state index contributed by atoms with van der Waals surface area (Å²) in [6, 6.07) is 0. The van der Waals surface area contributed by atoms with Gasteiger partial charge in [-0.3, -0.25) is 0 Å². The monoisotopic (exact) mass is 212 g/mol. The number of hydrogen-bond donors (Lipinski definition) is 0. The van der Waals surface area contributed by atoms with Gasteiger partial charge >= 0.3 is 0 Å². The maximum absolute atomic E-state index is 5.56. The molecular weight excluding hydrogens is 188 g/mol. The maximum Gasteiger partial charge on any atom is 0.168 e. The molecule has 1 saturated heterocycles. The smallest absolute Gasteiger partial charge is 0.168 e. The minimum Gasteiger partial charge on any atom is -0.348 e. The average molecular weight is 212 g/mol. The maximum atomic E-state index is 5.56. The molecule has 2 nitrogen and oxygen atoms in total. The van der Waals surface area contributed by atoms with Gasteiger partial charge in [0.1, 0.15) is 0 Å². The van der Waals surface area contributed by atoms with Gasteiger partial charge in [-0.1, -0.05) is 20.3 Å². The summed E-state index contributed by atoms with van der Waals surface area (Å²) in [5.74, 6) is -0.127. The second-order valence-electron chi connectivity index (χ2n) is 5.83. The van der Waals surface area contributed by atoms with Crippen LogP contribution in [-0.2, 0) is 9.47 Å². The van der Waals surface area contributed by atoms with Crippen LogP contribution < -0.4 is 0 Å². The second kappa shape index (κ2) is 4.42. The number of hydrogen-bond acceptors (Lipinski definition) is 2. The van der Waals surface area contributed by atoms with Crippen LogP contribution in [0.1, 0.15) is 58.8 Å². The van der Waals surface area contributed by atoms with Crippen molar-refractivity contribution >= 4 is 0 Å². The van der Waals surface area contributed by atoms with Gasteiger partial charge in [0.05, 0.1) is 13.2 Å². The highest BCUT2D eigenvalue weighted by atomic mass is 16.7. The fraction of sp³-hybridized carbons (Fsp3) is 1.00. The molecule has 1 heterocycles. The molecule has 88 valence electrons. The molecule has 0 aromatic rings. The molecule has 15 heavy (non-hydrogen) atoms. The van der Waals surface area contributed by atoms with Crippen LogP contribution in [0.3, 0.4) is 0 Å². The Bertz CT molecular complexity index is 191. The zero-order valence-electron chi connectivity index (χ0n) is 10.2. The molecule has 0 N–H and O–H groups in total. The van der Waals surface area contributed by atoms with Crippen molar-refractivity contribution in [2.45, 2.75) is 64.6 Å². The Kier molecular flexibility index (Phi) is 3.36.